The summed E-state index contributed by atoms with van der Waals surface area (Å²) in [5.41, 5.74) is 3.49. The number of hydrogen-bond donors (Lipinski definition) is 1. The number of anilines is 1. The largest absolute Gasteiger partial charge is 0.489 e. The summed E-state index contributed by atoms with van der Waals surface area (Å²) in [6.07, 6.45) is 6.24. The van der Waals surface area contributed by atoms with E-state index in [-0.39, 0.29) is 24.5 Å². The second kappa shape index (κ2) is 10.1. The normalized spacial score (nSPS) is 12.3. The van der Waals surface area contributed by atoms with E-state index in [1.807, 2.05) is 25.3 Å². The number of nitriles is 1. The van der Waals surface area contributed by atoms with Crippen molar-refractivity contribution < 1.29 is 13.2 Å². The molecular weight excluding hydrogens is 511 g/mol. The number of halogens is 2. The van der Waals surface area contributed by atoms with Gasteiger partial charge in [0.25, 0.3) is 0 Å². The molecule has 0 aliphatic carbocycles. The van der Waals surface area contributed by atoms with Gasteiger partial charge in [0.05, 0.1) is 40.5 Å². The maximum Gasteiger partial charge on any atom is 0.237 e. The molecule has 2 aromatic heterocycles. The second-order valence-corrected chi connectivity index (χ2v) is 10.3. The standard InChI is InChI=1S/C23H20Cl2N6O3S/c1-14(16-8-17(10-26)22(20(25)9-16)34-6-5-24)31-13-19(12-28-31)15-3-4-21-18(7-15)11-27-23(29-21)30-35(2,32)33/h3-4,7-9,11-14H,5-6H2,1-2H3,(H,27,29,30). The lowest BCUT2D eigenvalue weighted by molar-refractivity contribution is 0.341. The van der Waals surface area contributed by atoms with E-state index >= 15 is 0 Å². The number of sulfonamides is 1. The Bertz CT molecular complexity index is 1550. The van der Waals surface area contributed by atoms with Crippen molar-refractivity contribution in [3.8, 4) is 22.9 Å². The summed E-state index contributed by atoms with van der Waals surface area (Å²) in [4.78, 5) is 8.31. The van der Waals surface area contributed by atoms with Crippen molar-refractivity contribution in [2.45, 2.75) is 13.0 Å². The molecule has 1 N–H and O–H groups in total. The molecule has 1 atom stereocenters. The zero-order valence-corrected chi connectivity index (χ0v) is 21.1. The van der Waals surface area contributed by atoms with Crippen LogP contribution in [0.5, 0.6) is 5.75 Å². The average molecular weight is 531 g/mol. The minimum Gasteiger partial charge on any atom is -0.489 e. The molecule has 9 nitrogen and oxygen atoms in total. The van der Waals surface area contributed by atoms with E-state index in [0.29, 0.717) is 21.9 Å². The number of nitrogens with one attached hydrogen (secondary N) is 1. The molecule has 0 radical (unpaired) electrons. The monoisotopic (exact) mass is 530 g/mol. The third-order valence-electron chi connectivity index (χ3n) is 5.18. The van der Waals surface area contributed by atoms with Gasteiger partial charge in [-0.15, -0.1) is 11.6 Å². The van der Waals surface area contributed by atoms with Crippen LogP contribution < -0.4 is 9.46 Å². The van der Waals surface area contributed by atoms with Crippen molar-refractivity contribution in [2.75, 3.05) is 23.5 Å². The van der Waals surface area contributed by atoms with E-state index in [1.165, 1.54) is 0 Å². The first-order chi connectivity index (χ1) is 16.7. The molecule has 12 heteroatoms. The number of benzene rings is 2. The van der Waals surface area contributed by atoms with Crippen LogP contribution in [-0.4, -0.2) is 46.9 Å². The fourth-order valence-corrected chi connectivity index (χ4v) is 4.30. The smallest absolute Gasteiger partial charge is 0.237 e. The first-order valence-electron chi connectivity index (χ1n) is 10.4. The van der Waals surface area contributed by atoms with Crippen molar-refractivity contribution in [3.05, 3.63) is 65.1 Å². The number of rotatable bonds is 8. The van der Waals surface area contributed by atoms with E-state index in [2.05, 4.69) is 25.9 Å². The van der Waals surface area contributed by atoms with E-state index < -0.39 is 10.0 Å². The Balaban J connectivity index is 1.60. The number of fused-ring (bicyclic) bond motifs is 1. The van der Waals surface area contributed by atoms with Gasteiger partial charge in [0.1, 0.15) is 12.7 Å². The first-order valence-corrected chi connectivity index (χ1v) is 13.2. The summed E-state index contributed by atoms with van der Waals surface area (Å²) >= 11 is 12.1. The van der Waals surface area contributed by atoms with Crippen molar-refractivity contribution in [3.63, 3.8) is 0 Å². The molecule has 180 valence electrons. The predicted molar refractivity (Wildman–Crippen MR) is 135 cm³/mol. The summed E-state index contributed by atoms with van der Waals surface area (Å²) in [6, 6.07) is 11.0. The highest BCUT2D eigenvalue weighted by Crippen LogP contribution is 2.34. The maximum atomic E-state index is 11.4. The summed E-state index contributed by atoms with van der Waals surface area (Å²) in [7, 11) is -3.46. The Kier molecular flexibility index (Phi) is 7.12. The van der Waals surface area contributed by atoms with Crippen LogP contribution in [0, 0.1) is 11.3 Å². The molecule has 4 aromatic rings. The van der Waals surface area contributed by atoms with Crippen molar-refractivity contribution in [1.29, 1.82) is 5.26 Å². The fraction of sp³-hybridized carbons (Fsp3) is 0.217. The van der Waals surface area contributed by atoms with Gasteiger partial charge in [0.15, 0.2) is 5.75 Å². The van der Waals surface area contributed by atoms with Gasteiger partial charge in [-0.2, -0.15) is 10.4 Å². The van der Waals surface area contributed by atoms with Crippen LogP contribution in [-0.2, 0) is 10.0 Å². The molecule has 2 heterocycles. The van der Waals surface area contributed by atoms with Gasteiger partial charge in [-0.1, -0.05) is 17.7 Å². The third kappa shape index (κ3) is 5.65. The molecular formula is C23H20Cl2N6O3S. The highest BCUT2D eigenvalue weighted by Gasteiger charge is 2.17. The zero-order valence-electron chi connectivity index (χ0n) is 18.7. The second-order valence-electron chi connectivity index (χ2n) is 7.76. The van der Waals surface area contributed by atoms with E-state index in [1.54, 1.807) is 35.3 Å². The fourth-order valence-electron chi connectivity index (χ4n) is 3.51. The molecule has 35 heavy (non-hydrogen) atoms. The number of ether oxygens (including phenoxy) is 1. The van der Waals surface area contributed by atoms with Gasteiger partial charge in [-0.25, -0.2) is 18.4 Å². The Morgan fingerprint density at radius 3 is 2.74 bits per heavy atom. The molecule has 0 saturated heterocycles. The van der Waals surface area contributed by atoms with Crippen molar-refractivity contribution in [2.24, 2.45) is 0 Å². The molecule has 4 rings (SSSR count). The van der Waals surface area contributed by atoms with Gasteiger partial charge in [0.2, 0.25) is 16.0 Å². The molecule has 0 aliphatic heterocycles. The van der Waals surface area contributed by atoms with Crippen LogP contribution in [0.1, 0.15) is 24.1 Å². The molecule has 0 bridgehead atoms. The topological polar surface area (TPSA) is 123 Å². The van der Waals surface area contributed by atoms with Crippen LogP contribution in [0.2, 0.25) is 5.02 Å². The molecule has 0 saturated carbocycles. The average Bonchev–Trinajstić information content (AvgIpc) is 3.31. The number of nitrogens with zero attached hydrogens (tertiary/aromatic N) is 5. The lowest BCUT2D eigenvalue weighted by Gasteiger charge is -2.16. The van der Waals surface area contributed by atoms with E-state index in [0.717, 1.165) is 28.3 Å². The van der Waals surface area contributed by atoms with Crippen LogP contribution in [0.4, 0.5) is 5.95 Å². The lowest BCUT2D eigenvalue weighted by atomic mass is 10.0. The maximum absolute atomic E-state index is 11.4. The van der Waals surface area contributed by atoms with Crippen LogP contribution in [0.25, 0.3) is 22.0 Å². The quantitative estimate of drug-likeness (QED) is 0.329. The Labute approximate surface area is 212 Å². The molecule has 0 amide bonds. The van der Waals surface area contributed by atoms with E-state index in [4.69, 9.17) is 27.9 Å². The Morgan fingerprint density at radius 2 is 2.03 bits per heavy atom. The van der Waals surface area contributed by atoms with Crippen LogP contribution >= 0.6 is 23.2 Å². The highest BCUT2D eigenvalue weighted by molar-refractivity contribution is 7.91. The van der Waals surface area contributed by atoms with Gasteiger partial charge in [-0.3, -0.25) is 9.40 Å². The minimum atomic E-state index is -3.46. The predicted octanol–water partition coefficient (Wildman–Crippen LogP) is 4.62. The van der Waals surface area contributed by atoms with Gasteiger partial charge in [-0.05, 0) is 42.3 Å². The van der Waals surface area contributed by atoms with Crippen LogP contribution in [0.15, 0.2) is 48.9 Å². The number of hydrogen-bond acceptors (Lipinski definition) is 7. The number of aromatic nitrogens is 4. The van der Waals surface area contributed by atoms with Crippen molar-refractivity contribution in [1.82, 2.24) is 19.7 Å². The highest BCUT2D eigenvalue weighted by atomic mass is 35.5. The zero-order chi connectivity index (χ0) is 25.2. The molecule has 2 aromatic carbocycles. The Hall–Kier alpha value is -3.39. The van der Waals surface area contributed by atoms with Crippen LogP contribution in [0.3, 0.4) is 0 Å². The minimum absolute atomic E-state index is 0.0175. The third-order valence-corrected chi connectivity index (χ3v) is 6.17. The van der Waals surface area contributed by atoms with E-state index in [9.17, 15) is 13.7 Å². The van der Waals surface area contributed by atoms with Gasteiger partial charge < -0.3 is 4.74 Å². The molecule has 0 aliphatic rings. The first kappa shape index (κ1) is 24.7. The summed E-state index contributed by atoms with van der Waals surface area (Å²) in [5.74, 6) is 0.624. The molecule has 0 spiro atoms. The SMILES string of the molecule is CC(c1cc(Cl)c(OCCCl)c(C#N)c1)n1cc(-c2ccc3nc(NS(C)(=O)=O)ncc3c2)cn1. The Morgan fingerprint density at radius 1 is 1.23 bits per heavy atom. The molecule has 0 fully saturated rings. The number of alkyl halides is 1. The summed E-state index contributed by atoms with van der Waals surface area (Å²) < 4.78 is 32.4. The summed E-state index contributed by atoms with van der Waals surface area (Å²) in [6.45, 7) is 2.20. The van der Waals surface area contributed by atoms with Gasteiger partial charge >= 0.3 is 0 Å². The van der Waals surface area contributed by atoms with Gasteiger partial charge in [0, 0.05) is 23.3 Å². The summed E-state index contributed by atoms with van der Waals surface area (Å²) in [5, 5.41) is 15.1. The molecule has 1 unspecified atom stereocenters. The van der Waals surface area contributed by atoms with Crippen molar-refractivity contribution >= 4 is 50.1 Å². The lowest BCUT2D eigenvalue weighted by Crippen LogP contribution is -2.12.